The summed E-state index contributed by atoms with van der Waals surface area (Å²) in [5, 5.41) is 9.85. The van der Waals surface area contributed by atoms with Crippen molar-refractivity contribution in [2.75, 3.05) is 26.8 Å². The average molecular weight is 404 g/mol. The van der Waals surface area contributed by atoms with E-state index in [0.29, 0.717) is 6.54 Å². The molecule has 1 N–H and O–H groups in total. The molecule has 0 aromatic heterocycles. The molecule has 2 fully saturated rings. The van der Waals surface area contributed by atoms with E-state index in [-0.39, 0.29) is 43.0 Å². The summed E-state index contributed by atoms with van der Waals surface area (Å²) >= 11 is 0. The highest BCUT2D eigenvalue weighted by molar-refractivity contribution is 5.87. The standard InChI is InChI=1S/C24H24N2O4/c1-16(28)25-13-21-24(22(15-27)26(21)23(29)14-25)19-9-5-17(6-10-19)3-4-18-7-11-20(30-2)12-8-18/h5-12,21-22,24,27H,13-15H2,1-2H3/t21-,22-,24-/m1/s1. The van der Waals surface area contributed by atoms with Gasteiger partial charge in [-0.05, 0) is 42.0 Å². The molecular weight excluding hydrogens is 380 g/mol. The zero-order valence-corrected chi connectivity index (χ0v) is 17.0. The van der Waals surface area contributed by atoms with Crippen LogP contribution in [0.2, 0.25) is 0 Å². The molecule has 4 rings (SSSR count). The van der Waals surface area contributed by atoms with Crippen LogP contribution in [0.4, 0.5) is 0 Å². The number of ether oxygens (including phenoxy) is 1. The molecule has 6 heteroatoms. The highest BCUT2D eigenvalue weighted by Crippen LogP contribution is 2.42. The van der Waals surface area contributed by atoms with Crippen LogP contribution in [0.15, 0.2) is 48.5 Å². The van der Waals surface area contributed by atoms with Crippen molar-refractivity contribution in [3.05, 3.63) is 65.2 Å². The van der Waals surface area contributed by atoms with E-state index in [4.69, 9.17) is 4.74 Å². The summed E-state index contributed by atoms with van der Waals surface area (Å²) in [5.41, 5.74) is 2.83. The Hall–Kier alpha value is -3.30. The second kappa shape index (κ2) is 8.21. The molecule has 0 aliphatic carbocycles. The molecule has 0 bridgehead atoms. The van der Waals surface area contributed by atoms with Crippen LogP contribution in [-0.2, 0) is 9.59 Å². The van der Waals surface area contributed by atoms with Crippen LogP contribution in [0, 0.1) is 11.8 Å². The first-order valence-corrected chi connectivity index (χ1v) is 9.95. The minimum atomic E-state index is -0.243. The van der Waals surface area contributed by atoms with Crippen molar-refractivity contribution in [3.63, 3.8) is 0 Å². The average Bonchev–Trinajstić information content (AvgIpc) is 2.74. The molecule has 0 saturated carbocycles. The van der Waals surface area contributed by atoms with Gasteiger partial charge in [-0.15, -0.1) is 0 Å². The Morgan fingerprint density at radius 2 is 1.70 bits per heavy atom. The van der Waals surface area contributed by atoms with Gasteiger partial charge in [-0.1, -0.05) is 24.0 Å². The maximum absolute atomic E-state index is 12.4. The lowest BCUT2D eigenvalue weighted by atomic mass is 9.73. The number of carbonyl (C=O) groups excluding carboxylic acids is 2. The lowest BCUT2D eigenvalue weighted by molar-refractivity contribution is -0.166. The van der Waals surface area contributed by atoms with Gasteiger partial charge in [0.05, 0.1) is 32.3 Å². The van der Waals surface area contributed by atoms with Crippen LogP contribution >= 0.6 is 0 Å². The maximum atomic E-state index is 12.4. The van der Waals surface area contributed by atoms with E-state index in [1.165, 1.54) is 6.92 Å². The number of aliphatic hydroxyl groups is 1. The van der Waals surface area contributed by atoms with Gasteiger partial charge in [0.15, 0.2) is 0 Å². The van der Waals surface area contributed by atoms with Gasteiger partial charge >= 0.3 is 0 Å². The van der Waals surface area contributed by atoms with Gasteiger partial charge in [0.1, 0.15) is 5.75 Å². The summed E-state index contributed by atoms with van der Waals surface area (Å²) in [5.74, 6) is 6.89. The summed E-state index contributed by atoms with van der Waals surface area (Å²) in [6.45, 7) is 1.98. The van der Waals surface area contributed by atoms with E-state index in [2.05, 4.69) is 11.8 Å². The van der Waals surface area contributed by atoms with Crippen molar-refractivity contribution in [2.24, 2.45) is 0 Å². The number of rotatable bonds is 3. The zero-order valence-electron chi connectivity index (χ0n) is 17.0. The predicted molar refractivity (Wildman–Crippen MR) is 112 cm³/mol. The third-order valence-electron chi connectivity index (χ3n) is 5.93. The predicted octanol–water partition coefficient (Wildman–Crippen LogP) is 1.61. The Balaban J connectivity index is 1.51. The SMILES string of the molecule is COc1ccc(C#Cc2ccc([C@H]3[C@@H](CO)N4C(=O)CN(C(C)=O)C[C@H]34)cc2)cc1. The number of fused-ring (bicyclic) bond motifs is 1. The molecule has 0 spiro atoms. The third-order valence-corrected chi connectivity index (χ3v) is 5.93. The smallest absolute Gasteiger partial charge is 0.242 e. The number of hydrogen-bond acceptors (Lipinski definition) is 4. The van der Waals surface area contributed by atoms with Crippen LogP contribution < -0.4 is 4.74 Å². The second-order valence-electron chi connectivity index (χ2n) is 7.64. The number of benzene rings is 2. The number of hydrogen-bond donors (Lipinski definition) is 1. The number of carbonyl (C=O) groups is 2. The van der Waals surface area contributed by atoms with Crippen LogP contribution in [0.3, 0.4) is 0 Å². The largest absolute Gasteiger partial charge is 0.497 e. The number of aliphatic hydroxyl groups excluding tert-OH is 1. The first-order valence-electron chi connectivity index (χ1n) is 9.95. The minimum Gasteiger partial charge on any atom is -0.497 e. The number of piperazine rings is 1. The van der Waals surface area contributed by atoms with Crippen LogP contribution in [-0.4, -0.2) is 65.6 Å². The molecule has 2 amide bonds. The van der Waals surface area contributed by atoms with Gasteiger partial charge in [-0.2, -0.15) is 0 Å². The Labute approximate surface area is 176 Å². The molecule has 30 heavy (non-hydrogen) atoms. The van der Waals surface area contributed by atoms with Crippen LogP contribution in [0.1, 0.15) is 29.5 Å². The van der Waals surface area contributed by atoms with Crippen molar-refractivity contribution < 1.29 is 19.4 Å². The van der Waals surface area contributed by atoms with Gasteiger partial charge in [0, 0.05) is 30.5 Å². The Morgan fingerprint density at radius 1 is 1.10 bits per heavy atom. The molecule has 3 atom stereocenters. The quantitative estimate of drug-likeness (QED) is 0.790. The highest BCUT2D eigenvalue weighted by atomic mass is 16.5. The summed E-state index contributed by atoms with van der Waals surface area (Å²) in [4.78, 5) is 27.5. The minimum absolute atomic E-state index is 0.00435. The Morgan fingerprint density at radius 3 is 2.23 bits per heavy atom. The molecule has 0 unspecified atom stereocenters. The van der Waals surface area contributed by atoms with E-state index >= 15 is 0 Å². The molecule has 2 aliphatic rings. The second-order valence-corrected chi connectivity index (χ2v) is 7.64. The molecule has 154 valence electrons. The van der Waals surface area contributed by atoms with Crippen molar-refractivity contribution in [1.29, 1.82) is 0 Å². The van der Waals surface area contributed by atoms with E-state index in [0.717, 1.165) is 22.4 Å². The molecule has 2 saturated heterocycles. The molecular formula is C24H24N2O4. The first kappa shape index (κ1) is 20.0. The van der Waals surface area contributed by atoms with Gasteiger partial charge < -0.3 is 19.6 Å². The fraction of sp³-hybridized carbons (Fsp3) is 0.333. The van der Waals surface area contributed by atoms with Crippen LogP contribution in [0.25, 0.3) is 0 Å². The third kappa shape index (κ3) is 3.64. The van der Waals surface area contributed by atoms with Gasteiger partial charge in [-0.25, -0.2) is 0 Å². The van der Waals surface area contributed by atoms with Gasteiger partial charge in [0.2, 0.25) is 11.8 Å². The lowest BCUT2D eigenvalue weighted by Gasteiger charge is -2.58. The normalized spacial score (nSPS) is 22.5. The molecule has 0 radical (unpaired) electrons. The van der Waals surface area contributed by atoms with Crippen molar-refractivity contribution >= 4 is 11.8 Å². The van der Waals surface area contributed by atoms with Crippen LogP contribution in [0.5, 0.6) is 5.75 Å². The van der Waals surface area contributed by atoms with E-state index in [1.54, 1.807) is 16.9 Å². The summed E-state index contributed by atoms with van der Waals surface area (Å²) in [7, 11) is 1.63. The molecule has 6 nitrogen and oxygen atoms in total. The monoisotopic (exact) mass is 404 g/mol. The number of methoxy groups -OCH3 is 1. The molecule has 2 aromatic rings. The van der Waals surface area contributed by atoms with Gasteiger partial charge in [0.25, 0.3) is 0 Å². The summed E-state index contributed by atoms with van der Waals surface area (Å²) in [6, 6.07) is 15.1. The maximum Gasteiger partial charge on any atom is 0.242 e. The summed E-state index contributed by atoms with van der Waals surface area (Å²) in [6.07, 6.45) is 0. The summed E-state index contributed by atoms with van der Waals surface area (Å²) < 4.78 is 5.15. The van der Waals surface area contributed by atoms with Crippen molar-refractivity contribution in [1.82, 2.24) is 9.80 Å². The molecule has 2 aromatic carbocycles. The van der Waals surface area contributed by atoms with E-state index in [1.807, 2.05) is 48.5 Å². The topological polar surface area (TPSA) is 70.1 Å². The highest BCUT2D eigenvalue weighted by Gasteiger charge is 2.54. The fourth-order valence-corrected chi connectivity index (χ4v) is 4.35. The number of nitrogens with zero attached hydrogens (tertiary/aromatic N) is 2. The number of amides is 2. The van der Waals surface area contributed by atoms with Crippen molar-refractivity contribution in [3.8, 4) is 17.6 Å². The van der Waals surface area contributed by atoms with E-state index < -0.39 is 0 Å². The Bertz CT molecular complexity index is 1000. The molecule has 2 heterocycles. The first-order chi connectivity index (χ1) is 14.5. The van der Waals surface area contributed by atoms with Gasteiger partial charge in [-0.3, -0.25) is 9.59 Å². The molecule has 2 aliphatic heterocycles. The van der Waals surface area contributed by atoms with Crippen molar-refractivity contribution in [2.45, 2.75) is 24.9 Å². The van der Waals surface area contributed by atoms with E-state index in [9.17, 15) is 14.7 Å². The lowest BCUT2D eigenvalue weighted by Crippen LogP contribution is -2.73. The Kier molecular flexibility index (Phi) is 5.47. The zero-order chi connectivity index (χ0) is 21.3. The fourth-order valence-electron chi connectivity index (χ4n) is 4.35.